The lowest BCUT2D eigenvalue weighted by Crippen LogP contribution is -2.17. The van der Waals surface area contributed by atoms with E-state index in [1.54, 1.807) is 6.07 Å². The van der Waals surface area contributed by atoms with E-state index < -0.39 is 0 Å². The Morgan fingerprint density at radius 3 is 2.48 bits per heavy atom. The van der Waals surface area contributed by atoms with E-state index in [0.29, 0.717) is 28.0 Å². The summed E-state index contributed by atoms with van der Waals surface area (Å²) in [6, 6.07) is 17.2. The maximum absolute atomic E-state index is 13.8. The Morgan fingerprint density at radius 1 is 0.963 bits per heavy atom. The van der Waals surface area contributed by atoms with Gasteiger partial charge in [-0.15, -0.1) is 0 Å². The van der Waals surface area contributed by atoms with Crippen molar-refractivity contribution in [2.45, 2.75) is 31.7 Å². The zero-order valence-electron chi connectivity index (χ0n) is 14.8. The molecule has 1 fully saturated rings. The molecule has 4 rings (SSSR count). The molecule has 0 amide bonds. The first-order valence-electron chi connectivity index (χ1n) is 9.10. The Bertz CT molecular complexity index is 927. The van der Waals surface area contributed by atoms with Crippen LogP contribution in [0.3, 0.4) is 0 Å². The fourth-order valence-corrected chi connectivity index (χ4v) is 3.55. The molecule has 0 unspecified atom stereocenters. The van der Waals surface area contributed by atoms with Gasteiger partial charge in [0.15, 0.2) is 0 Å². The molecule has 2 N–H and O–H groups in total. The van der Waals surface area contributed by atoms with Crippen molar-refractivity contribution in [3.8, 4) is 11.3 Å². The van der Waals surface area contributed by atoms with Gasteiger partial charge in [-0.3, -0.25) is 0 Å². The minimum absolute atomic E-state index is 0.318. The van der Waals surface area contributed by atoms with Crippen LogP contribution in [0.5, 0.6) is 0 Å². The van der Waals surface area contributed by atoms with Crippen molar-refractivity contribution in [1.82, 2.24) is 9.97 Å². The number of nitrogens with zero attached hydrogens (tertiary/aromatic N) is 2. The Balaban J connectivity index is 1.67. The summed E-state index contributed by atoms with van der Waals surface area (Å²) in [6.45, 7) is 0. The quantitative estimate of drug-likeness (QED) is 0.513. The molecule has 1 saturated carbocycles. The van der Waals surface area contributed by atoms with E-state index in [-0.39, 0.29) is 5.82 Å². The maximum atomic E-state index is 13.8. The summed E-state index contributed by atoms with van der Waals surface area (Å²) < 4.78 is 14.3. The third kappa shape index (κ3) is 4.45. The van der Waals surface area contributed by atoms with E-state index in [1.807, 2.05) is 42.5 Å². The van der Waals surface area contributed by atoms with Crippen molar-refractivity contribution in [1.29, 1.82) is 0 Å². The van der Waals surface area contributed by atoms with Gasteiger partial charge >= 0.3 is 0 Å². The highest BCUT2D eigenvalue weighted by Crippen LogP contribution is 2.27. The number of anilines is 3. The molecule has 0 bridgehead atoms. The van der Waals surface area contributed by atoms with Crippen LogP contribution in [0.1, 0.15) is 25.7 Å². The molecule has 1 aliphatic carbocycles. The number of benzene rings is 2. The lowest BCUT2D eigenvalue weighted by atomic mass is 10.1. The summed E-state index contributed by atoms with van der Waals surface area (Å²) in [4.78, 5) is 9.30. The minimum atomic E-state index is -0.318. The molecule has 6 heteroatoms. The van der Waals surface area contributed by atoms with Crippen LogP contribution >= 0.6 is 15.9 Å². The molecule has 1 aromatic heterocycles. The van der Waals surface area contributed by atoms with Gasteiger partial charge in [0, 0.05) is 23.4 Å². The lowest BCUT2D eigenvalue weighted by Gasteiger charge is -2.15. The van der Waals surface area contributed by atoms with Crippen molar-refractivity contribution in [3.63, 3.8) is 0 Å². The van der Waals surface area contributed by atoms with Crippen LogP contribution in [-0.4, -0.2) is 16.0 Å². The van der Waals surface area contributed by atoms with Crippen molar-refractivity contribution < 1.29 is 4.39 Å². The SMILES string of the molecule is Fc1cc(Nc2cc(-c3ccccc3)nc(NC3CCCC3)n2)ccc1Br. The van der Waals surface area contributed by atoms with Crippen LogP contribution < -0.4 is 10.6 Å². The number of rotatable bonds is 5. The summed E-state index contributed by atoms with van der Waals surface area (Å²) in [5, 5.41) is 6.65. The number of hydrogen-bond acceptors (Lipinski definition) is 4. The second-order valence-corrected chi connectivity index (χ2v) is 7.56. The highest BCUT2D eigenvalue weighted by molar-refractivity contribution is 9.10. The van der Waals surface area contributed by atoms with Crippen LogP contribution in [-0.2, 0) is 0 Å². The average molecular weight is 427 g/mol. The van der Waals surface area contributed by atoms with E-state index >= 15 is 0 Å². The fourth-order valence-electron chi connectivity index (χ4n) is 3.31. The van der Waals surface area contributed by atoms with Crippen LogP contribution in [0.25, 0.3) is 11.3 Å². The number of aromatic nitrogens is 2. The summed E-state index contributed by atoms with van der Waals surface area (Å²) in [7, 11) is 0. The Hall–Kier alpha value is -2.47. The molecule has 4 nitrogen and oxygen atoms in total. The number of nitrogens with one attached hydrogen (secondary N) is 2. The van der Waals surface area contributed by atoms with E-state index in [2.05, 4.69) is 31.5 Å². The van der Waals surface area contributed by atoms with Crippen molar-refractivity contribution in [2.75, 3.05) is 10.6 Å². The molecule has 1 aliphatic rings. The molecule has 3 aromatic rings. The molecule has 138 valence electrons. The van der Waals surface area contributed by atoms with Crippen molar-refractivity contribution >= 4 is 33.4 Å². The first kappa shape index (κ1) is 17.9. The summed E-state index contributed by atoms with van der Waals surface area (Å²) in [6.07, 6.45) is 4.75. The van der Waals surface area contributed by atoms with Crippen molar-refractivity contribution in [3.05, 3.63) is 64.9 Å². The number of hydrogen-bond donors (Lipinski definition) is 2. The van der Waals surface area contributed by atoms with Gasteiger partial charge in [-0.25, -0.2) is 9.37 Å². The van der Waals surface area contributed by atoms with Crippen LogP contribution in [0, 0.1) is 5.82 Å². The van der Waals surface area contributed by atoms with Gasteiger partial charge in [-0.2, -0.15) is 4.98 Å². The second kappa shape index (κ2) is 8.05. The summed E-state index contributed by atoms with van der Waals surface area (Å²) >= 11 is 3.18. The fraction of sp³-hybridized carbons (Fsp3) is 0.238. The maximum Gasteiger partial charge on any atom is 0.225 e. The highest BCUT2D eigenvalue weighted by atomic mass is 79.9. The Labute approximate surface area is 166 Å². The summed E-state index contributed by atoms with van der Waals surface area (Å²) in [5.74, 6) is 0.913. The molecular formula is C21H20BrFN4. The van der Waals surface area contributed by atoms with E-state index in [1.165, 1.54) is 18.9 Å². The van der Waals surface area contributed by atoms with Crippen LogP contribution in [0.15, 0.2) is 59.1 Å². The molecule has 1 heterocycles. The predicted octanol–water partition coefficient (Wildman–Crippen LogP) is 6.14. The molecule has 0 radical (unpaired) electrons. The Kier molecular flexibility index (Phi) is 5.34. The molecule has 0 saturated heterocycles. The normalized spacial score (nSPS) is 14.3. The first-order valence-corrected chi connectivity index (χ1v) is 9.90. The minimum Gasteiger partial charge on any atom is -0.351 e. The monoisotopic (exact) mass is 426 g/mol. The highest BCUT2D eigenvalue weighted by Gasteiger charge is 2.17. The topological polar surface area (TPSA) is 49.8 Å². The smallest absolute Gasteiger partial charge is 0.225 e. The molecular weight excluding hydrogens is 407 g/mol. The second-order valence-electron chi connectivity index (χ2n) is 6.71. The largest absolute Gasteiger partial charge is 0.351 e. The molecule has 0 aliphatic heterocycles. The Morgan fingerprint density at radius 2 is 1.74 bits per heavy atom. The van der Waals surface area contributed by atoms with E-state index in [9.17, 15) is 4.39 Å². The molecule has 0 atom stereocenters. The van der Waals surface area contributed by atoms with E-state index in [0.717, 1.165) is 24.1 Å². The van der Waals surface area contributed by atoms with Gasteiger partial charge in [0.05, 0.1) is 10.2 Å². The van der Waals surface area contributed by atoms with E-state index in [4.69, 9.17) is 4.98 Å². The molecule has 27 heavy (non-hydrogen) atoms. The number of halogens is 2. The van der Waals surface area contributed by atoms with Gasteiger partial charge in [0.25, 0.3) is 0 Å². The third-order valence-electron chi connectivity index (χ3n) is 4.68. The lowest BCUT2D eigenvalue weighted by molar-refractivity contribution is 0.622. The molecule has 0 spiro atoms. The van der Waals surface area contributed by atoms with Gasteiger partial charge in [0.1, 0.15) is 11.6 Å². The predicted molar refractivity (Wildman–Crippen MR) is 111 cm³/mol. The van der Waals surface area contributed by atoms with Gasteiger partial charge in [-0.1, -0.05) is 43.2 Å². The third-order valence-corrected chi connectivity index (χ3v) is 5.32. The van der Waals surface area contributed by atoms with Gasteiger partial charge in [-0.05, 0) is 47.0 Å². The van der Waals surface area contributed by atoms with Gasteiger partial charge in [0.2, 0.25) is 5.95 Å². The average Bonchev–Trinajstić information content (AvgIpc) is 3.18. The van der Waals surface area contributed by atoms with Crippen LogP contribution in [0.2, 0.25) is 0 Å². The standard InChI is InChI=1S/C21H20BrFN4/c22-17-11-10-16(12-18(17)23)24-20-13-19(14-6-2-1-3-7-14)26-21(27-20)25-15-8-4-5-9-15/h1-3,6-7,10-13,15H,4-5,8-9H2,(H2,24,25,26,27). The molecule has 2 aromatic carbocycles. The van der Waals surface area contributed by atoms with Gasteiger partial charge < -0.3 is 10.6 Å². The zero-order valence-corrected chi connectivity index (χ0v) is 16.3. The zero-order chi connectivity index (χ0) is 18.6. The van der Waals surface area contributed by atoms with Crippen molar-refractivity contribution in [2.24, 2.45) is 0 Å². The van der Waals surface area contributed by atoms with Crippen LogP contribution in [0.4, 0.5) is 21.8 Å². The summed E-state index contributed by atoms with van der Waals surface area (Å²) in [5.41, 5.74) is 2.48. The first-order chi connectivity index (χ1) is 13.2.